The van der Waals surface area contributed by atoms with Crippen LogP contribution in [0.4, 0.5) is 15.8 Å². The van der Waals surface area contributed by atoms with Gasteiger partial charge in [-0.3, -0.25) is 14.9 Å². The van der Waals surface area contributed by atoms with Crippen molar-refractivity contribution in [2.45, 2.75) is 0 Å². The lowest BCUT2D eigenvalue weighted by molar-refractivity contribution is -0.384. The fourth-order valence-corrected chi connectivity index (χ4v) is 2.04. The van der Waals surface area contributed by atoms with Crippen LogP contribution in [0.15, 0.2) is 36.4 Å². The van der Waals surface area contributed by atoms with Crippen LogP contribution in [0.5, 0.6) is 0 Å². The average molecular weight is 353 g/mol. The van der Waals surface area contributed by atoms with Crippen LogP contribution < -0.4 is 5.32 Å². The minimum atomic E-state index is -0.846. The highest BCUT2D eigenvalue weighted by atomic mass is 35.5. The van der Waals surface area contributed by atoms with Crippen molar-refractivity contribution in [2.24, 2.45) is 0 Å². The van der Waals surface area contributed by atoms with Crippen LogP contribution in [0.3, 0.4) is 0 Å². The van der Waals surface area contributed by atoms with E-state index < -0.39 is 28.3 Å². The minimum absolute atomic E-state index is 0.177. The third-order valence-electron chi connectivity index (χ3n) is 2.99. The van der Waals surface area contributed by atoms with Crippen molar-refractivity contribution < 1.29 is 23.6 Å². The van der Waals surface area contributed by atoms with Crippen LogP contribution in [0.25, 0.3) is 0 Å². The summed E-state index contributed by atoms with van der Waals surface area (Å²) in [6, 6.07) is 6.59. The number of esters is 1. The summed E-state index contributed by atoms with van der Waals surface area (Å²) in [5.41, 5.74) is -1.05. The Bertz CT molecular complexity index is 841. The Labute approximate surface area is 140 Å². The Balaban J connectivity index is 2.41. The summed E-state index contributed by atoms with van der Waals surface area (Å²) >= 11 is 5.73. The maximum absolute atomic E-state index is 13.7. The summed E-state index contributed by atoms with van der Waals surface area (Å²) in [5, 5.41) is 13.4. The van der Waals surface area contributed by atoms with Crippen LogP contribution >= 0.6 is 11.6 Å². The van der Waals surface area contributed by atoms with E-state index >= 15 is 0 Å². The number of amides is 1. The van der Waals surface area contributed by atoms with Gasteiger partial charge in [0.2, 0.25) is 0 Å². The molecule has 9 heteroatoms. The van der Waals surface area contributed by atoms with E-state index in [9.17, 15) is 24.1 Å². The van der Waals surface area contributed by atoms with Crippen molar-refractivity contribution in [1.82, 2.24) is 0 Å². The quantitative estimate of drug-likeness (QED) is 0.516. The number of nitro benzene ring substituents is 1. The topological polar surface area (TPSA) is 98.5 Å². The summed E-state index contributed by atoms with van der Waals surface area (Å²) in [5.74, 6) is -2.42. The highest BCUT2D eigenvalue weighted by molar-refractivity contribution is 6.31. The molecule has 0 heterocycles. The van der Waals surface area contributed by atoms with Crippen molar-refractivity contribution in [2.75, 3.05) is 12.4 Å². The number of methoxy groups -OCH3 is 1. The first kappa shape index (κ1) is 17.4. The molecule has 1 amide bonds. The standard InChI is InChI=1S/C15H10ClFN2O5/c1-24-15(21)9-4-8(5-11(6-9)19(22)23)14(20)18-13-7-10(16)2-3-12(13)17/h2-7H,1H3,(H,18,20). The van der Waals surface area contributed by atoms with Crippen molar-refractivity contribution in [1.29, 1.82) is 0 Å². The largest absolute Gasteiger partial charge is 0.465 e. The summed E-state index contributed by atoms with van der Waals surface area (Å²) in [4.78, 5) is 34.0. The molecule has 0 aromatic heterocycles. The maximum atomic E-state index is 13.7. The van der Waals surface area contributed by atoms with E-state index in [1.807, 2.05) is 0 Å². The second kappa shape index (κ2) is 7.05. The molecule has 2 aromatic rings. The molecule has 1 N–H and O–H groups in total. The van der Waals surface area contributed by atoms with Gasteiger partial charge in [0, 0.05) is 22.7 Å². The van der Waals surface area contributed by atoms with Crippen molar-refractivity contribution in [3.8, 4) is 0 Å². The van der Waals surface area contributed by atoms with E-state index in [4.69, 9.17) is 11.6 Å². The van der Waals surface area contributed by atoms with Gasteiger partial charge in [0.1, 0.15) is 5.82 Å². The Morgan fingerprint density at radius 3 is 2.50 bits per heavy atom. The number of nitrogens with one attached hydrogen (secondary N) is 1. The van der Waals surface area contributed by atoms with Crippen LogP contribution in [0, 0.1) is 15.9 Å². The van der Waals surface area contributed by atoms with Crippen LogP contribution in [0.1, 0.15) is 20.7 Å². The van der Waals surface area contributed by atoms with Crippen LogP contribution in [-0.2, 0) is 4.74 Å². The number of rotatable bonds is 4. The first-order chi connectivity index (χ1) is 11.3. The van der Waals surface area contributed by atoms with Crippen molar-refractivity contribution in [3.05, 3.63) is 68.5 Å². The number of carbonyl (C=O) groups excluding carboxylic acids is 2. The smallest absolute Gasteiger partial charge is 0.338 e. The molecule has 0 bridgehead atoms. The Morgan fingerprint density at radius 1 is 1.21 bits per heavy atom. The predicted molar refractivity (Wildman–Crippen MR) is 83.8 cm³/mol. The van der Waals surface area contributed by atoms with Crippen molar-refractivity contribution >= 4 is 34.9 Å². The Morgan fingerprint density at radius 2 is 1.88 bits per heavy atom. The molecule has 7 nitrogen and oxygen atoms in total. The molecule has 2 rings (SSSR count). The zero-order valence-corrected chi connectivity index (χ0v) is 13.0. The molecule has 0 aliphatic heterocycles. The SMILES string of the molecule is COC(=O)c1cc(C(=O)Nc2cc(Cl)ccc2F)cc([N+](=O)[O-])c1. The monoisotopic (exact) mass is 352 g/mol. The van der Waals surface area contributed by atoms with Gasteiger partial charge in [0.25, 0.3) is 11.6 Å². The molecular formula is C15H10ClFN2O5. The molecule has 0 saturated heterocycles. The molecule has 124 valence electrons. The van der Waals surface area contributed by atoms with E-state index in [-0.39, 0.29) is 21.8 Å². The Kier molecular flexibility index (Phi) is 5.10. The maximum Gasteiger partial charge on any atom is 0.338 e. The van der Waals surface area contributed by atoms with Gasteiger partial charge in [-0.15, -0.1) is 0 Å². The fraction of sp³-hybridized carbons (Fsp3) is 0.0667. The number of ether oxygens (including phenoxy) is 1. The van der Waals surface area contributed by atoms with Gasteiger partial charge in [-0.25, -0.2) is 9.18 Å². The molecule has 2 aromatic carbocycles. The molecular weight excluding hydrogens is 343 g/mol. The summed E-state index contributed by atoms with van der Waals surface area (Å²) in [6.45, 7) is 0. The number of nitro groups is 1. The van der Waals surface area contributed by atoms with Gasteiger partial charge < -0.3 is 10.1 Å². The molecule has 0 spiro atoms. The number of halogens is 2. The zero-order valence-electron chi connectivity index (χ0n) is 12.2. The predicted octanol–water partition coefficient (Wildman–Crippen LogP) is 3.43. The van der Waals surface area contributed by atoms with E-state index in [0.717, 1.165) is 31.4 Å². The molecule has 0 aliphatic rings. The number of anilines is 1. The normalized spacial score (nSPS) is 10.1. The number of non-ortho nitro benzene ring substituents is 1. The van der Waals surface area contributed by atoms with Gasteiger partial charge in [-0.2, -0.15) is 0 Å². The lowest BCUT2D eigenvalue weighted by Gasteiger charge is -2.08. The molecule has 0 fully saturated rings. The van der Waals surface area contributed by atoms with E-state index in [0.29, 0.717) is 0 Å². The molecule has 0 atom stereocenters. The molecule has 0 saturated carbocycles. The Hall–Kier alpha value is -3.00. The van der Waals surface area contributed by atoms with E-state index in [2.05, 4.69) is 10.1 Å². The molecule has 0 unspecified atom stereocenters. The van der Waals surface area contributed by atoms with Crippen LogP contribution in [0.2, 0.25) is 5.02 Å². The van der Waals surface area contributed by atoms with E-state index in [1.165, 1.54) is 12.1 Å². The third kappa shape index (κ3) is 3.85. The lowest BCUT2D eigenvalue weighted by atomic mass is 10.1. The highest BCUT2D eigenvalue weighted by Crippen LogP contribution is 2.22. The van der Waals surface area contributed by atoms with Gasteiger partial charge in [-0.1, -0.05) is 11.6 Å². The first-order valence-electron chi connectivity index (χ1n) is 6.46. The number of hydrogen-bond acceptors (Lipinski definition) is 5. The van der Waals surface area contributed by atoms with Crippen molar-refractivity contribution in [3.63, 3.8) is 0 Å². The van der Waals surface area contributed by atoms with Gasteiger partial charge in [-0.05, 0) is 24.3 Å². The fourth-order valence-electron chi connectivity index (χ4n) is 1.87. The highest BCUT2D eigenvalue weighted by Gasteiger charge is 2.19. The number of benzene rings is 2. The number of nitrogens with zero attached hydrogens (tertiary/aromatic N) is 1. The third-order valence-corrected chi connectivity index (χ3v) is 3.22. The molecule has 0 radical (unpaired) electrons. The van der Waals surface area contributed by atoms with Gasteiger partial charge in [0.15, 0.2) is 0 Å². The number of carbonyl (C=O) groups is 2. The average Bonchev–Trinajstić information content (AvgIpc) is 2.56. The van der Waals surface area contributed by atoms with Gasteiger partial charge in [0.05, 0.1) is 23.3 Å². The van der Waals surface area contributed by atoms with Gasteiger partial charge >= 0.3 is 5.97 Å². The second-order valence-corrected chi connectivity index (χ2v) is 5.03. The van der Waals surface area contributed by atoms with Crippen LogP contribution in [-0.4, -0.2) is 23.9 Å². The zero-order chi connectivity index (χ0) is 17.9. The minimum Gasteiger partial charge on any atom is -0.465 e. The summed E-state index contributed by atoms with van der Waals surface area (Å²) in [7, 11) is 1.10. The first-order valence-corrected chi connectivity index (χ1v) is 6.84. The lowest BCUT2D eigenvalue weighted by Crippen LogP contribution is -2.14. The number of hydrogen-bond donors (Lipinski definition) is 1. The summed E-state index contributed by atoms with van der Waals surface area (Å²) < 4.78 is 18.1. The summed E-state index contributed by atoms with van der Waals surface area (Å²) in [6.07, 6.45) is 0. The molecule has 24 heavy (non-hydrogen) atoms. The second-order valence-electron chi connectivity index (χ2n) is 4.60. The van der Waals surface area contributed by atoms with E-state index in [1.54, 1.807) is 0 Å². The molecule has 0 aliphatic carbocycles.